The van der Waals surface area contributed by atoms with Gasteiger partial charge >= 0.3 is 0 Å². The third-order valence-corrected chi connectivity index (χ3v) is 4.19. The molecular weight excluding hydrogens is 198 g/mol. The second-order valence-electron chi connectivity index (χ2n) is 5.45. The summed E-state index contributed by atoms with van der Waals surface area (Å²) in [5, 5.41) is 3.63. The molecule has 0 aromatic carbocycles. The van der Waals surface area contributed by atoms with Crippen LogP contribution >= 0.6 is 0 Å². The summed E-state index contributed by atoms with van der Waals surface area (Å²) < 4.78 is 5.73. The first-order chi connectivity index (χ1) is 7.65. The minimum absolute atomic E-state index is 0.209. The monoisotopic (exact) mass is 227 g/mol. The largest absolute Gasteiger partial charge is 0.378 e. The van der Waals surface area contributed by atoms with Gasteiger partial charge in [-0.3, -0.25) is 0 Å². The summed E-state index contributed by atoms with van der Waals surface area (Å²) >= 11 is 0. The van der Waals surface area contributed by atoms with Crippen LogP contribution in [0.2, 0.25) is 0 Å². The van der Waals surface area contributed by atoms with E-state index >= 15 is 0 Å². The molecule has 2 unspecified atom stereocenters. The zero-order chi connectivity index (χ0) is 12.0. The molecule has 1 fully saturated rings. The molecular formula is C14H29NO. The molecule has 1 rings (SSSR count). The minimum atomic E-state index is 0.209. The molecule has 2 atom stereocenters. The van der Waals surface area contributed by atoms with Crippen LogP contribution in [0.1, 0.15) is 59.3 Å². The summed E-state index contributed by atoms with van der Waals surface area (Å²) in [6, 6.07) is 0.639. The average Bonchev–Trinajstić information content (AvgIpc) is 2.23. The second kappa shape index (κ2) is 6.61. The van der Waals surface area contributed by atoms with Gasteiger partial charge in [0.2, 0.25) is 0 Å². The van der Waals surface area contributed by atoms with Crippen molar-refractivity contribution in [3.05, 3.63) is 0 Å². The number of hydrogen-bond acceptors (Lipinski definition) is 2. The molecule has 16 heavy (non-hydrogen) atoms. The zero-order valence-corrected chi connectivity index (χ0v) is 11.5. The van der Waals surface area contributed by atoms with Gasteiger partial charge < -0.3 is 10.1 Å². The van der Waals surface area contributed by atoms with Gasteiger partial charge in [0.1, 0.15) is 0 Å². The molecule has 0 aliphatic heterocycles. The van der Waals surface area contributed by atoms with E-state index in [1.54, 1.807) is 0 Å². The van der Waals surface area contributed by atoms with Crippen LogP contribution in [0, 0.1) is 5.92 Å². The van der Waals surface area contributed by atoms with E-state index in [1.807, 2.05) is 7.11 Å². The Kier molecular flexibility index (Phi) is 5.77. The Morgan fingerprint density at radius 3 is 2.38 bits per heavy atom. The van der Waals surface area contributed by atoms with Gasteiger partial charge in [0.25, 0.3) is 0 Å². The van der Waals surface area contributed by atoms with Crippen LogP contribution in [-0.2, 0) is 4.74 Å². The normalized spacial score (nSPS) is 22.5. The maximum absolute atomic E-state index is 5.73. The smallest absolute Gasteiger partial charge is 0.0693 e. The Morgan fingerprint density at radius 1 is 1.31 bits per heavy atom. The van der Waals surface area contributed by atoms with Crippen LogP contribution in [0.3, 0.4) is 0 Å². The first kappa shape index (κ1) is 14.0. The maximum Gasteiger partial charge on any atom is 0.0693 e. The number of methoxy groups -OCH3 is 1. The Bertz CT molecular complexity index is 184. The molecule has 96 valence electrons. The van der Waals surface area contributed by atoms with Crippen LogP contribution in [0.5, 0.6) is 0 Å². The summed E-state index contributed by atoms with van der Waals surface area (Å²) in [7, 11) is 1.88. The number of rotatable bonds is 8. The lowest BCUT2D eigenvalue weighted by Gasteiger charge is -2.43. The summed E-state index contributed by atoms with van der Waals surface area (Å²) in [5.41, 5.74) is 0.209. The van der Waals surface area contributed by atoms with Crippen molar-refractivity contribution in [1.29, 1.82) is 0 Å². The van der Waals surface area contributed by atoms with Gasteiger partial charge in [0.05, 0.1) is 5.60 Å². The van der Waals surface area contributed by atoms with Gasteiger partial charge in [0, 0.05) is 13.2 Å². The van der Waals surface area contributed by atoms with Crippen LogP contribution in [0.4, 0.5) is 0 Å². The zero-order valence-electron chi connectivity index (χ0n) is 11.5. The molecule has 0 bridgehead atoms. The topological polar surface area (TPSA) is 21.3 Å². The molecule has 0 saturated heterocycles. The standard InChI is InChI=1S/C14H29NO/c1-5-12(3)10-13(15-6-2)11-14(16-4)8-7-9-14/h12-13,15H,5-11H2,1-4H3. The van der Waals surface area contributed by atoms with Crippen molar-refractivity contribution in [2.45, 2.75) is 70.9 Å². The van der Waals surface area contributed by atoms with E-state index in [0.29, 0.717) is 6.04 Å². The van der Waals surface area contributed by atoms with Gasteiger partial charge in [-0.25, -0.2) is 0 Å². The van der Waals surface area contributed by atoms with E-state index in [0.717, 1.165) is 12.5 Å². The molecule has 0 aromatic rings. The average molecular weight is 227 g/mol. The van der Waals surface area contributed by atoms with Crippen molar-refractivity contribution in [2.24, 2.45) is 5.92 Å². The third kappa shape index (κ3) is 3.74. The highest BCUT2D eigenvalue weighted by Crippen LogP contribution is 2.39. The van der Waals surface area contributed by atoms with Crippen LogP contribution in [-0.4, -0.2) is 25.3 Å². The highest BCUT2D eigenvalue weighted by Gasteiger charge is 2.38. The second-order valence-corrected chi connectivity index (χ2v) is 5.45. The van der Waals surface area contributed by atoms with Crippen molar-refractivity contribution in [3.63, 3.8) is 0 Å². The van der Waals surface area contributed by atoms with E-state index in [2.05, 4.69) is 26.1 Å². The molecule has 1 aliphatic rings. The molecule has 0 radical (unpaired) electrons. The highest BCUT2D eigenvalue weighted by atomic mass is 16.5. The van der Waals surface area contributed by atoms with Crippen molar-refractivity contribution in [2.75, 3.05) is 13.7 Å². The molecule has 0 aromatic heterocycles. The Morgan fingerprint density at radius 2 is 2.00 bits per heavy atom. The minimum Gasteiger partial charge on any atom is -0.378 e. The van der Waals surface area contributed by atoms with E-state index < -0.39 is 0 Å². The summed E-state index contributed by atoms with van der Waals surface area (Å²) in [6.07, 6.45) is 7.62. The van der Waals surface area contributed by atoms with Gasteiger partial charge in [-0.05, 0) is 44.6 Å². The quantitative estimate of drug-likeness (QED) is 0.686. The number of ether oxygens (including phenoxy) is 1. The van der Waals surface area contributed by atoms with Crippen LogP contribution in [0.25, 0.3) is 0 Å². The summed E-state index contributed by atoms with van der Waals surface area (Å²) in [6.45, 7) is 7.90. The molecule has 2 heteroatoms. The highest BCUT2D eigenvalue weighted by molar-refractivity contribution is 4.93. The third-order valence-electron chi connectivity index (χ3n) is 4.19. The predicted molar refractivity (Wildman–Crippen MR) is 69.7 cm³/mol. The fourth-order valence-electron chi connectivity index (χ4n) is 2.69. The van der Waals surface area contributed by atoms with E-state index in [4.69, 9.17) is 4.74 Å². The molecule has 0 spiro atoms. The molecule has 1 aliphatic carbocycles. The summed E-state index contributed by atoms with van der Waals surface area (Å²) in [4.78, 5) is 0. The van der Waals surface area contributed by atoms with Crippen molar-refractivity contribution in [3.8, 4) is 0 Å². The fraction of sp³-hybridized carbons (Fsp3) is 1.00. The lowest BCUT2D eigenvalue weighted by Crippen LogP contribution is -2.46. The van der Waals surface area contributed by atoms with Gasteiger partial charge in [0.15, 0.2) is 0 Å². The van der Waals surface area contributed by atoms with Gasteiger partial charge in [-0.15, -0.1) is 0 Å². The molecule has 0 heterocycles. The Hall–Kier alpha value is -0.0800. The number of hydrogen-bond donors (Lipinski definition) is 1. The van der Waals surface area contributed by atoms with Crippen LogP contribution in [0.15, 0.2) is 0 Å². The van der Waals surface area contributed by atoms with Gasteiger partial charge in [-0.2, -0.15) is 0 Å². The first-order valence-electron chi connectivity index (χ1n) is 6.94. The molecule has 1 saturated carbocycles. The van der Waals surface area contributed by atoms with Crippen molar-refractivity contribution >= 4 is 0 Å². The van der Waals surface area contributed by atoms with E-state index in [9.17, 15) is 0 Å². The fourth-order valence-corrected chi connectivity index (χ4v) is 2.69. The Balaban J connectivity index is 2.43. The SMILES string of the molecule is CCNC(CC(C)CC)CC1(OC)CCC1. The van der Waals surface area contributed by atoms with E-state index in [1.165, 1.54) is 38.5 Å². The molecule has 2 nitrogen and oxygen atoms in total. The Labute approximate surface area is 101 Å². The lowest BCUT2D eigenvalue weighted by molar-refractivity contribution is -0.0844. The van der Waals surface area contributed by atoms with E-state index in [-0.39, 0.29) is 5.60 Å². The molecule has 0 amide bonds. The van der Waals surface area contributed by atoms with Crippen molar-refractivity contribution in [1.82, 2.24) is 5.32 Å². The number of nitrogens with one attached hydrogen (secondary N) is 1. The first-order valence-corrected chi connectivity index (χ1v) is 6.94. The van der Waals surface area contributed by atoms with Crippen molar-refractivity contribution < 1.29 is 4.74 Å². The maximum atomic E-state index is 5.73. The molecule has 1 N–H and O–H groups in total. The summed E-state index contributed by atoms with van der Waals surface area (Å²) in [5.74, 6) is 0.818. The predicted octanol–water partition coefficient (Wildman–Crippen LogP) is 3.36. The lowest BCUT2D eigenvalue weighted by atomic mass is 9.74. The van der Waals surface area contributed by atoms with Gasteiger partial charge in [-0.1, -0.05) is 27.2 Å². The van der Waals surface area contributed by atoms with Crippen LogP contribution < -0.4 is 5.32 Å².